The monoisotopic (exact) mass is 259 g/mol. The van der Waals surface area contributed by atoms with Crippen molar-refractivity contribution in [2.24, 2.45) is 11.0 Å². The van der Waals surface area contributed by atoms with Crippen LogP contribution in [0.5, 0.6) is 0 Å². The third-order valence-corrected chi connectivity index (χ3v) is 3.36. The minimum Gasteiger partial charge on any atom is -0.329 e. The summed E-state index contributed by atoms with van der Waals surface area (Å²) in [6, 6.07) is 10.1. The predicted molar refractivity (Wildman–Crippen MR) is 77.0 cm³/mol. The summed E-state index contributed by atoms with van der Waals surface area (Å²) in [6.07, 6.45) is 0.821. The molecule has 0 radical (unpaired) electrons. The van der Waals surface area contributed by atoms with Crippen molar-refractivity contribution in [1.29, 1.82) is 0 Å². The van der Waals surface area contributed by atoms with E-state index in [1.165, 1.54) is 0 Å². The van der Waals surface area contributed by atoms with E-state index in [4.69, 9.17) is 0 Å². The Kier molecular flexibility index (Phi) is 3.88. The summed E-state index contributed by atoms with van der Waals surface area (Å²) < 4.78 is 0. The summed E-state index contributed by atoms with van der Waals surface area (Å²) in [5.41, 5.74) is 2.22. The van der Waals surface area contributed by atoms with Crippen LogP contribution in [-0.4, -0.2) is 35.7 Å². The molecule has 4 nitrogen and oxygen atoms in total. The molecular formula is C15H21N3O. The summed E-state index contributed by atoms with van der Waals surface area (Å²) in [4.78, 5) is 13.8. The third-order valence-electron chi connectivity index (χ3n) is 3.36. The Labute approximate surface area is 114 Å². The number of benzene rings is 1. The van der Waals surface area contributed by atoms with Crippen molar-refractivity contribution in [3.8, 4) is 0 Å². The minimum absolute atomic E-state index is 0.0218. The number of amides is 2. The van der Waals surface area contributed by atoms with E-state index in [0.29, 0.717) is 5.92 Å². The van der Waals surface area contributed by atoms with Crippen LogP contribution in [0.15, 0.2) is 35.4 Å². The Hall–Kier alpha value is -1.84. The Morgan fingerprint density at radius 2 is 1.95 bits per heavy atom. The molecule has 0 bridgehead atoms. The lowest BCUT2D eigenvalue weighted by atomic mass is 9.97. The maximum atomic E-state index is 12.2. The van der Waals surface area contributed by atoms with Crippen molar-refractivity contribution in [3.63, 3.8) is 0 Å². The highest BCUT2D eigenvalue weighted by Crippen LogP contribution is 2.33. The largest absolute Gasteiger partial charge is 0.340 e. The van der Waals surface area contributed by atoms with Gasteiger partial charge in [-0.3, -0.25) is 0 Å². The van der Waals surface area contributed by atoms with Gasteiger partial charge in [0.05, 0.1) is 6.04 Å². The van der Waals surface area contributed by atoms with Crippen LogP contribution in [0.4, 0.5) is 4.79 Å². The SMILES string of the molecule is CC(C)C1=NN(C(=O)N(C)C)C(c2ccccc2)C1. The summed E-state index contributed by atoms with van der Waals surface area (Å²) in [6.45, 7) is 4.23. The average Bonchev–Trinajstić information content (AvgIpc) is 2.83. The van der Waals surface area contributed by atoms with Gasteiger partial charge in [-0.05, 0) is 11.5 Å². The van der Waals surface area contributed by atoms with Crippen molar-refractivity contribution in [1.82, 2.24) is 9.91 Å². The van der Waals surface area contributed by atoms with Crippen LogP contribution in [0, 0.1) is 5.92 Å². The van der Waals surface area contributed by atoms with Gasteiger partial charge >= 0.3 is 6.03 Å². The zero-order valence-corrected chi connectivity index (χ0v) is 12.0. The first-order valence-corrected chi connectivity index (χ1v) is 6.63. The Balaban J connectivity index is 2.31. The predicted octanol–water partition coefficient (Wildman–Crippen LogP) is 3.13. The first-order chi connectivity index (χ1) is 9.00. The maximum absolute atomic E-state index is 12.2. The van der Waals surface area contributed by atoms with E-state index in [-0.39, 0.29) is 12.1 Å². The van der Waals surface area contributed by atoms with E-state index < -0.39 is 0 Å². The fourth-order valence-corrected chi connectivity index (χ4v) is 2.20. The van der Waals surface area contributed by atoms with Crippen molar-refractivity contribution in [2.45, 2.75) is 26.3 Å². The number of nitrogens with zero attached hydrogens (tertiary/aromatic N) is 3. The lowest BCUT2D eigenvalue weighted by molar-refractivity contribution is 0.159. The molecule has 0 saturated carbocycles. The van der Waals surface area contributed by atoms with Crippen molar-refractivity contribution < 1.29 is 4.79 Å². The fraction of sp³-hybridized carbons (Fsp3) is 0.467. The van der Waals surface area contributed by atoms with Crippen LogP contribution < -0.4 is 0 Å². The maximum Gasteiger partial charge on any atom is 0.340 e. The second-order valence-electron chi connectivity index (χ2n) is 5.40. The van der Waals surface area contributed by atoms with Gasteiger partial charge in [0.15, 0.2) is 0 Å². The van der Waals surface area contributed by atoms with E-state index in [9.17, 15) is 4.79 Å². The first kappa shape index (κ1) is 13.6. The third kappa shape index (κ3) is 2.78. The number of hydrazone groups is 1. The van der Waals surface area contributed by atoms with Gasteiger partial charge in [-0.15, -0.1) is 0 Å². The molecule has 19 heavy (non-hydrogen) atoms. The van der Waals surface area contributed by atoms with Gasteiger partial charge in [0.2, 0.25) is 0 Å². The van der Waals surface area contributed by atoms with E-state index >= 15 is 0 Å². The van der Waals surface area contributed by atoms with Gasteiger partial charge in [0, 0.05) is 26.2 Å². The van der Waals surface area contributed by atoms with E-state index in [2.05, 4.69) is 31.1 Å². The van der Waals surface area contributed by atoms with Gasteiger partial charge in [-0.2, -0.15) is 5.10 Å². The smallest absolute Gasteiger partial charge is 0.329 e. The zero-order valence-electron chi connectivity index (χ0n) is 12.0. The van der Waals surface area contributed by atoms with Gasteiger partial charge in [0.25, 0.3) is 0 Å². The normalized spacial score (nSPS) is 18.7. The number of hydrogen-bond acceptors (Lipinski definition) is 2. The molecule has 0 fully saturated rings. The molecule has 1 atom stereocenters. The molecule has 4 heteroatoms. The second-order valence-corrected chi connectivity index (χ2v) is 5.40. The lowest BCUT2D eigenvalue weighted by Gasteiger charge is -2.25. The number of rotatable bonds is 2. The van der Waals surface area contributed by atoms with Crippen molar-refractivity contribution in [3.05, 3.63) is 35.9 Å². The first-order valence-electron chi connectivity index (χ1n) is 6.63. The van der Waals surface area contributed by atoms with Crippen molar-refractivity contribution in [2.75, 3.05) is 14.1 Å². The quantitative estimate of drug-likeness (QED) is 0.803. The summed E-state index contributed by atoms with van der Waals surface area (Å²) in [7, 11) is 3.51. The topological polar surface area (TPSA) is 35.9 Å². The summed E-state index contributed by atoms with van der Waals surface area (Å²) >= 11 is 0. The van der Waals surface area contributed by atoms with Gasteiger partial charge in [0.1, 0.15) is 0 Å². The van der Waals surface area contributed by atoms with Gasteiger partial charge < -0.3 is 4.90 Å². The van der Waals surface area contributed by atoms with Crippen LogP contribution in [-0.2, 0) is 0 Å². The number of hydrogen-bond donors (Lipinski definition) is 0. The molecule has 1 aliphatic heterocycles. The van der Waals surface area contributed by atoms with Crippen LogP contribution in [0.2, 0.25) is 0 Å². The molecule has 0 N–H and O–H groups in total. The lowest BCUT2D eigenvalue weighted by Crippen LogP contribution is -2.36. The molecule has 1 aromatic rings. The molecule has 1 aromatic carbocycles. The molecule has 2 rings (SSSR count). The Morgan fingerprint density at radius 3 is 2.47 bits per heavy atom. The van der Waals surface area contributed by atoms with E-state index in [1.54, 1.807) is 24.0 Å². The standard InChI is InChI=1S/C15H21N3O/c1-11(2)13-10-14(12-8-6-5-7-9-12)18(16-13)15(19)17(3)4/h5-9,11,14H,10H2,1-4H3. The van der Waals surface area contributed by atoms with Crippen LogP contribution in [0.25, 0.3) is 0 Å². The molecule has 0 saturated heterocycles. The van der Waals surface area contributed by atoms with E-state index in [1.807, 2.05) is 18.2 Å². The Bertz CT molecular complexity index is 479. The molecule has 1 unspecified atom stereocenters. The molecule has 2 amide bonds. The molecular weight excluding hydrogens is 238 g/mol. The highest BCUT2D eigenvalue weighted by molar-refractivity contribution is 5.91. The summed E-state index contributed by atoms with van der Waals surface area (Å²) in [5, 5.41) is 6.14. The number of urea groups is 1. The number of carbonyl (C=O) groups is 1. The molecule has 1 heterocycles. The van der Waals surface area contributed by atoms with Crippen molar-refractivity contribution >= 4 is 11.7 Å². The molecule has 0 spiro atoms. The average molecular weight is 259 g/mol. The van der Waals surface area contributed by atoms with Gasteiger partial charge in [-0.1, -0.05) is 44.2 Å². The molecule has 0 aliphatic carbocycles. The highest BCUT2D eigenvalue weighted by atomic mass is 16.2. The fourth-order valence-electron chi connectivity index (χ4n) is 2.20. The van der Waals surface area contributed by atoms with Crippen LogP contribution in [0.3, 0.4) is 0 Å². The van der Waals surface area contributed by atoms with Crippen LogP contribution in [0.1, 0.15) is 31.9 Å². The second kappa shape index (κ2) is 5.43. The van der Waals surface area contributed by atoms with E-state index in [0.717, 1.165) is 17.7 Å². The molecule has 1 aliphatic rings. The van der Waals surface area contributed by atoms with Crippen LogP contribution >= 0.6 is 0 Å². The highest BCUT2D eigenvalue weighted by Gasteiger charge is 2.33. The molecule has 0 aromatic heterocycles. The zero-order chi connectivity index (χ0) is 14.0. The van der Waals surface area contributed by atoms with Gasteiger partial charge in [-0.25, -0.2) is 9.80 Å². The minimum atomic E-state index is -0.0653. The summed E-state index contributed by atoms with van der Waals surface area (Å²) in [5.74, 6) is 0.367. The Morgan fingerprint density at radius 1 is 1.32 bits per heavy atom. The molecule has 102 valence electrons. The number of carbonyl (C=O) groups excluding carboxylic acids is 1.